The number of nitrogens with zero attached hydrogens (tertiary/aromatic N) is 6. The van der Waals surface area contributed by atoms with Crippen molar-refractivity contribution in [3.63, 3.8) is 0 Å². The Balaban J connectivity index is 1.15. The fourth-order valence-corrected chi connectivity index (χ4v) is 7.35. The molecular weight excluding hydrogens is 762 g/mol. The van der Waals surface area contributed by atoms with Crippen LogP contribution in [0.15, 0.2) is 54.7 Å². The summed E-state index contributed by atoms with van der Waals surface area (Å²) in [5, 5.41) is 33.1. The second kappa shape index (κ2) is 15.0. The summed E-state index contributed by atoms with van der Waals surface area (Å²) in [5.74, 6) is -3.11. The van der Waals surface area contributed by atoms with Crippen LogP contribution in [-0.2, 0) is 24.1 Å². The number of anilines is 3. The van der Waals surface area contributed by atoms with Crippen molar-refractivity contribution in [2.45, 2.75) is 70.1 Å². The van der Waals surface area contributed by atoms with Crippen molar-refractivity contribution in [1.29, 1.82) is 0 Å². The van der Waals surface area contributed by atoms with Gasteiger partial charge >= 0.3 is 12.1 Å². The highest BCUT2D eigenvalue weighted by atomic mass is 35.5. The molecule has 5 heterocycles. The first-order valence-corrected chi connectivity index (χ1v) is 18.2. The molecule has 1 fully saturated rings. The molecule has 3 aromatic heterocycles. The zero-order valence-electron chi connectivity index (χ0n) is 29.6. The number of aliphatic hydroxyl groups is 1. The van der Waals surface area contributed by atoms with E-state index in [4.69, 9.17) is 23.2 Å². The maximum absolute atomic E-state index is 14.0. The third kappa shape index (κ3) is 8.09. The number of halogens is 5. The first-order chi connectivity index (χ1) is 26.1. The predicted octanol–water partition coefficient (Wildman–Crippen LogP) is 7.06. The summed E-state index contributed by atoms with van der Waals surface area (Å²) in [6, 6.07) is 12.7. The Morgan fingerprint density at radius 2 is 1.69 bits per heavy atom. The van der Waals surface area contributed by atoms with E-state index in [1.54, 1.807) is 67.2 Å². The number of β-amino-alcohol motifs (C(OH)–C–C–N with tert-alkyl or cyclic N) is 1. The summed E-state index contributed by atoms with van der Waals surface area (Å²) < 4.78 is 43.7. The molecule has 2 aromatic carbocycles. The highest BCUT2D eigenvalue weighted by Crippen LogP contribution is 2.42. The molecule has 7 rings (SSSR count). The molecule has 2 aliphatic heterocycles. The van der Waals surface area contributed by atoms with E-state index in [1.165, 1.54) is 6.07 Å². The standard InChI is InChI=1S/C37H36Cl2F3N9O4/c1-36(2,35(54)55)48-23-10-5-12-51-28(23)15-27(49-51)33(53)45-25-9-4-7-22(30(25)39)21-6-3-8-24(29(21)38)44-32-31-26(46-34(47-32)37(40,41)42)14-19(16-43-31)17-50-13-11-20(52)18-50/h3-4,6-9,14-16,20,23,48,52H,5,10-13,17-18H2,1-2H3,(H,45,53)(H,54,55)(H,44,46,47)/t20-,23+/m1/s1. The van der Waals surface area contributed by atoms with E-state index < -0.39 is 35.5 Å². The largest absolute Gasteiger partial charge is 0.480 e. The molecule has 288 valence electrons. The van der Waals surface area contributed by atoms with Gasteiger partial charge in [-0.2, -0.15) is 18.3 Å². The van der Waals surface area contributed by atoms with Gasteiger partial charge in [-0.25, -0.2) is 9.97 Å². The number of amides is 1. The molecule has 0 saturated carbocycles. The molecule has 0 bridgehead atoms. The molecule has 18 heteroatoms. The first kappa shape index (κ1) is 38.4. The van der Waals surface area contributed by atoms with E-state index in [1.807, 2.05) is 4.90 Å². The zero-order valence-corrected chi connectivity index (χ0v) is 31.1. The van der Waals surface area contributed by atoms with Crippen LogP contribution in [0.1, 0.15) is 66.7 Å². The maximum atomic E-state index is 14.0. The van der Waals surface area contributed by atoms with Crippen LogP contribution in [-0.4, -0.2) is 76.5 Å². The summed E-state index contributed by atoms with van der Waals surface area (Å²) in [7, 11) is 0. The molecule has 5 aromatic rings. The van der Waals surface area contributed by atoms with Gasteiger partial charge in [-0.05, 0) is 62.9 Å². The van der Waals surface area contributed by atoms with E-state index in [0.29, 0.717) is 61.4 Å². The molecule has 0 radical (unpaired) electrons. The number of aryl methyl sites for hydroxylation is 1. The average Bonchev–Trinajstić information content (AvgIpc) is 3.76. The van der Waals surface area contributed by atoms with Crippen LogP contribution >= 0.6 is 23.2 Å². The summed E-state index contributed by atoms with van der Waals surface area (Å²) in [6.45, 7) is 5.21. The number of carboxylic acid groups (broad SMARTS) is 1. The number of carbonyl (C=O) groups excluding carboxylic acids is 1. The minimum atomic E-state index is -4.85. The van der Waals surface area contributed by atoms with E-state index >= 15 is 0 Å². The van der Waals surface area contributed by atoms with Gasteiger partial charge in [-0.1, -0.05) is 47.5 Å². The molecular formula is C37H36Cl2F3N9O4. The first-order valence-electron chi connectivity index (χ1n) is 17.5. The lowest BCUT2D eigenvalue weighted by atomic mass is 9.98. The summed E-state index contributed by atoms with van der Waals surface area (Å²) >= 11 is 13.8. The van der Waals surface area contributed by atoms with Gasteiger partial charge in [0.1, 0.15) is 11.1 Å². The molecule has 0 spiro atoms. The van der Waals surface area contributed by atoms with Crippen molar-refractivity contribution in [1.82, 2.24) is 34.9 Å². The number of rotatable bonds is 10. The fourth-order valence-electron chi connectivity index (χ4n) is 6.80. The van der Waals surface area contributed by atoms with Gasteiger partial charge in [0, 0.05) is 43.5 Å². The quantitative estimate of drug-likeness (QED) is 0.0980. The van der Waals surface area contributed by atoms with Crippen LogP contribution in [0.2, 0.25) is 10.0 Å². The lowest BCUT2D eigenvalue weighted by molar-refractivity contribution is -0.145. The number of aliphatic hydroxyl groups excluding tert-OH is 1. The number of hydrogen-bond acceptors (Lipinski definition) is 10. The number of aliphatic carboxylic acids is 1. The number of alkyl halides is 3. The van der Waals surface area contributed by atoms with Crippen molar-refractivity contribution in [3.05, 3.63) is 87.5 Å². The lowest BCUT2D eigenvalue weighted by Gasteiger charge is -2.31. The number of pyridine rings is 1. The SMILES string of the molecule is CC(C)(N[C@H]1CCCn2nc(C(=O)Nc3cccc(-c4cccc(Nc5nc(C(F)(F)F)nc6cc(CN7CC[C@@H](O)C7)cnc56)c4Cl)c3Cl)cc21)C(=O)O. The van der Waals surface area contributed by atoms with Gasteiger partial charge in [0.05, 0.1) is 44.8 Å². The molecule has 5 N–H and O–H groups in total. The Kier molecular flexibility index (Phi) is 10.5. The monoisotopic (exact) mass is 797 g/mol. The minimum Gasteiger partial charge on any atom is -0.480 e. The third-order valence-corrected chi connectivity index (χ3v) is 10.4. The summed E-state index contributed by atoms with van der Waals surface area (Å²) in [5.41, 5.74) is 1.64. The molecule has 1 saturated heterocycles. The lowest BCUT2D eigenvalue weighted by Crippen LogP contribution is -2.49. The van der Waals surface area contributed by atoms with E-state index in [-0.39, 0.29) is 50.0 Å². The number of nitrogens with one attached hydrogen (secondary N) is 3. The number of likely N-dealkylation sites (tertiary alicyclic amines) is 1. The van der Waals surface area contributed by atoms with E-state index in [9.17, 15) is 33.0 Å². The molecule has 13 nitrogen and oxygen atoms in total. The number of benzene rings is 2. The third-order valence-electron chi connectivity index (χ3n) is 9.62. The van der Waals surface area contributed by atoms with Gasteiger partial charge in [0.25, 0.3) is 5.91 Å². The number of fused-ring (bicyclic) bond motifs is 2. The molecule has 2 atom stereocenters. The predicted molar refractivity (Wildman–Crippen MR) is 200 cm³/mol. The Labute approximate surface area is 322 Å². The summed E-state index contributed by atoms with van der Waals surface area (Å²) in [4.78, 5) is 39.2. The average molecular weight is 799 g/mol. The van der Waals surface area contributed by atoms with Crippen molar-refractivity contribution in [2.75, 3.05) is 23.7 Å². The summed E-state index contributed by atoms with van der Waals surface area (Å²) in [6.07, 6.45) is -1.73. The van der Waals surface area contributed by atoms with Gasteiger partial charge in [-0.3, -0.25) is 29.5 Å². The fraction of sp³-hybridized carbons (Fsp3) is 0.351. The number of carboxylic acids is 1. The molecule has 2 aliphatic rings. The zero-order chi connectivity index (χ0) is 39.2. The van der Waals surface area contributed by atoms with Crippen LogP contribution in [0, 0.1) is 0 Å². The van der Waals surface area contributed by atoms with Crippen LogP contribution in [0.4, 0.5) is 30.4 Å². The topological polar surface area (TPSA) is 170 Å². The van der Waals surface area contributed by atoms with Crippen LogP contribution in [0.25, 0.3) is 22.2 Å². The van der Waals surface area contributed by atoms with Crippen molar-refractivity contribution < 1.29 is 33.0 Å². The highest BCUT2D eigenvalue weighted by Gasteiger charge is 2.36. The Morgan fingerprint density at radius 1 is 0.982 bits per heavy atom. The number of aromatic nitrogens is 5. The van der Waals surface area contributed by atoms with Crippen molar-refractivity contribution in [2.24, 2.45) is 0 Å². The van der Waals surface area contributed by atoms with Crippen molar-refractivity contribution in [3.8, 4) is 11.1 Å². The van der Waals surface area contributed by atoms with Crippen LogP contribution < -0.4 is 16.0 Å². The van der Waals surface area contributed by atoms with Gasteiger partial charge in [0.2, 0.25) is 5.82 Å². The normalized spacial score (nSPS) is 17.7. The maximum Gasteiger partial charge on any atom is 0.451 e. The molecule has 0 aliphatic carbocycles. The second-order valence-electron chi connectivity index (χ2n) is 14.1. The number of carbonyl (C=O) groups is 2. The van der Waals surface area contributed by atoms with Crippen LogP contribution in [0.3, 0.4) is 0 Å². The second-order valence-corrected chi connectivity index (χ2v) is 14.9. The highest BCUT2D eigenvalue weighted by molar-refractivity contribution is 6.39. The van der Waals surface area contributed by atoms with E-state index in [2.05, 4.69) is 36.0 Å². The van der Waals surface area contributed by atoms with Crippen molar-refractivity contribution >= 4 is 63.3 Å². The smallest absolute Gasteiger partial charge is 0.451 e. The Bertz CT molecular complexity index is 2300. The minimum absolute atomic E-state index is 0.0183. The Morgan fingerprint density at radius 3 is 2.36 bits per heavy atom. The molecule has 0 unspecified atom stereocenters. The van der Waals surface area contributed by atoms with Gasteiger partial charge in [0.15, 0.2) is 11.5 Å². The number of hydrogen-bond donors (Lipinski definition) is 5. The molecule has 55 heavy (non-hydrogen) atoms. The van der Waals surface area contributed by atoms with Gasteiger partial charge in [-0.15, -0.1) is 0 Å². The van der Waals surface area contributed by atoms with Crippen LogP contribution in [0.5, 0.6) is 0 Å². The molecule has 1 amide bonds. The van der Waals surface area contributed by atoms with E-state index in [0.717, 1.165) is 6.42 Å². The Hall–Kier alpha value is -4.87. The van der Waals surface area contributed by atoms with Gasteiger partial charge < -0.3 is 20.8 Å².